The predicted molar refractivity (Wildman–Crippen MR) is 37.1 cm³/mol. The van der Waals surface area contributed by atoms with E-state index in [4.69, 9.17) is 0 Å². The standard InChI is InChI=1S/C3H2BrNS2/c4-3-5-1-2(6)7-3/h1,6H. The van der Waals surface area contributed by atoms with Gasteiger partial charge in [-0.3, -0.25) is 0 Å². The SMILES string of the molecule is Sc1cnc(Br)s1. The molecular weight excluding hydrogens is 194 g/mol. The summed E-state index contributed by atoms with van der Waals surface area (Å²) in [5.74, 6) is 0. The Kier molecular flexibility index (Phi) is 1.72. The van der Waals surface area contributed by atoms with Gasteiger partial charge in [-0.05, 0) is 15.9 Å². The number of thiazole rings is 1. The summed E-state index contributed by atoms with van der Waals surface area (Å²) in [7, 11) is 0. The average molecular weight is 196 g/mol. The van der Waals surface area contributed by atoms with Gasteiger partial charge in [0.25, 0.3) is 0 Å². The lowest BCUT2D eigenvalue weighted by Crippen LogP contribution is -1.48. The molecule has 0 radical (unpaired) electrons. The topological polar surface area (TPSA) is 12.9 Å². The minimum absolute atomic E-state index is 0.887. The highest BCUT2D eigenvalue weighted by molar-refractivity contribution is 9.11. The highest BCUT2D eigenvalue weighted by Crippen LogP contribution is 2.20. The average Bonchev–Trinajstić information content (AvgIpc) is 1.87. The van der Waals surface area contributed by atoms with Crippen molar-refractivity contribution in [3.8, 4) is 0 Å². The molecule has 1 rings (SSSR count). The van der Waals surface area contributed by atoms with Gasteiger partial charge >= 0.3 is 0 Å². The van der Waals surface area contributed by atoms with Gasteiger partial charge in [-0.2, -0.15) is 0 Å². The molecule has 0 fully saturated rings. The molecule has 0 aromatic carbocycles. The molecule has 0 aliphatic rings. The molecule has 0 bridgehead atoms. The van der Waals surface area contributed by atoms with E-state index in [1.165, 1.54) is 11.3 Å². The number of halogens is 1. The van der Waals surface area contributed by atoms with E-state index in [0.29, 0.717) is 0 Å². The zero-order chi connectivity index (χ0) is 5.28. The minimum atomic E-state index is 0.887. The summed E-state index contributed by atoms with van der Waals surface area (Å²) >= 11 is 8.73. The molecule has 0 amide bonds. The first-order chi connectivity index (χ1) is 3.29. The van der Waals surface area contributed by atoms with Crippen LogP contribution < -0.4 is 0 Å². The maximum Gasteiger partial charge on any atom is 0.160 e. The van der Waals surface area contributed by atoms with Crippen molar-refractivity contribution in [1.82, 2.24) is 4.98 Å². The minimum Gasteiger partial charge on any atom is -0.236 e. The third-order valence-corrected chi connectivity index (χ3v) is 2.13. The summed E-state index contributed by atoms with van der Waals surface area (Å²) in [6, 6.07) is 0. The molecule has 0 unspecified atom stereocenters. The van der Waals surface area contributed by atoms with E-state index in [1.54, 1.807) is 6.20 Å². The number of nitrogens with zero attached hydrogens (tertiary/aromatic N) is 1. The van der Waals surface area contributed by atoms with Crippen molar-refractivity contribution in [2.75, 3.05) is 0 Å². The summed E-state index contributed by atoms with van der Waals surface area (Å²) in [6.45, 7) is 0. The molecule has 0 spiro atoms. The fourth-order valence-electron chi connectivity index (χ4n) is 0.245. The van der Waals surface area contributed by atoms with E-state index in [0.717, 1.165) is 8.13 Å². The van der Waals surface area contributed by atoms with Gasteiger partial charge < -0.3 is 0 Å². The van der Waals surface area contributed by atoms with Crippen molar-refractivity contribution < 1.29 is 0 Å². The van der Waals surface area contributed by atoms with Crippen molar-refractivity contribution in [3.05, 3.63) is 10.1 Å². The molecule has 1 aromatic heterocycles. The molecular formula is C3H2BrNS2. The van der Waals surface area contributed by atoms with Gasteiger partial charge in [-0.25, -0.2) is 4.98 Å². The van der Waals surface area contributed by atoms with Crippen molar-refractivity contribution in [1.29, 1.82) is 0 Å². The first kappa shape index (κ1) is 5.59. The van der Waals surface area contributed by atoms with Gasteiger partial charge in [0.1, 0.15) is 0 Å². The van der Waals surface area contributed by atoms with Gasteiger partial charge in [-0.1, -0.05) is 0 Å². The molecule has 0 aliphatic heterocycles. The third-order valence-electron chi connectivity index (χ3n) is 0.465. The smallest absolute Gasteiger partial charge is 0.160 e. The number of thiol groups is 1. The quantitative estimate of drug-likeness (QED) is 0.627. The number of hydrogen-bond acceptors (Lipinski definition) is 3. The second kappa shape index (κ2) is 2.15. The highest BCUT2D eigenvalue weighted by Gasteiger charge is 1.89. The first-order valence-electron chi connectivity index (χ1n) is 1.59. The van der Waals surface area contributed by atoms with E-state index in [9.17, 15) is 0 Å². The summed E-state index contributed by atoms with van der Waals surface area (Å²) in [5, 5.41) is 0. The Morgan fingerprint density at radius 3 is 2.71 bits per heavy atom. The molecule has 4 heteroatoms. The molecule has 1 nitrogen and oxygen atoms in total. The van der Waals surface area contributed by atoms with Gasteiger partial charge in [0, 0.05) is 0 Å². The normalized spacial score (nSPS) is 9.43. The van der Waals surface area contributed by atoms with Crippen molar-refractivity contribution in [3.63, 3.8) is 0 Å². The van der Waals surface area contributed by atoms with Crippen LogP contribution in [-0.4, -0.2) is 4.98 Å². The third kappa shape index (κ3) is 1.44. The Hall–Kier alpha value is 0.460. The highest BCUT2D eigenvalue weighted by atomic mass is 79.9. The summed E-state index contributed by atoms with van der Waals surface area (Å²) < 4.78 is 1.82. The number of rotatable bonds is 0. The molecule has 38 valence electrons. The molecule has 0 N–H and O–H groups in total. The Labute approximate surface area is 59.3 Å². The lowest BCUT2D eigenvalue weighted by atomic mass is 11.0. The second-order valence-corrected chi connectivity index (χ2v) is 4.04. The van der Waals surface area contributed by atoms with Crippen molar-refractivity contribution in [2.45, 2.75) is 4.21 Å². The molecule has 7 heavy (non-hydrogen) atoms. The fourth-order valence-corrected chi connectivity index (χ4v) is 1.95. The second-order valence-electron chi connectivity index (χ2n) is 0.951. The van der Waals surface area contributed by atoms with Crippen LogP contribution in [0, 0.1) is 0 Å². The lowest BCUT2D eigenvalue weighted by Gasteiger charge is -1.65. The van der Waals surface area contributed by atoms with Crippen molar-refractivity contribution in [2.24, 2.45) is 0 Å². The van der Waals surface area contributed by atoms with Crippen molar-refractivity contribution >= 4 is 39.9 Å². The number of aromatic nitrogens is 1. The van der Waals surface area contributed by atoms with Crippen LogP contribution in [0.1, 0.15) is 0 Å². The monoisotopic (exact) mass is 195 g/mol. The van der Waals surface area contributed by atoms with Crippen LogP contribution in [0.15, 0.2) is 14.3 Å². The summed E-state index contributed by atoms with van der Waals surface area (Å²) in [4.78, 5) is 3.88. The van der Waals surface area contributed by atoms with Crippen LogP contribution >= 0.6 is 39.9 Å². The Morgan fingerprint density at radius 1 is 1.86 bits per heavy atom. The maximum atomic E-state index is 4.03. The van der Waals surface area contributed by atoms with Crippen LogP contribution in [0.5, 0.6) is 0 Å². The van der Waals surface area contributed by atoms with Crippen LogP contribution in [-0.2, 0) is 0 Å². The first-order valence-corrected chi connectivity index (χ1v) is 3.65. The molecule has 0 saturated carbocycles. The fraction of sp³-hybridized carbons (Fsp3) is 0. The Bertz CT molecular complexity index is 145. The Balaban J connectivity index is 3.04. The zero-order valence-electron chi connectivity index (χ0n) is 3.26. The van der Waals surface area contributed by atoms with E-state index < -0.39 is 0 Å². The van der Waals surface area contributed by atoms with E-state index in [2.05, 4.69) is 33.5 Å². The van der Waals surface area contributed by atoms with Crippen LogP contribution in [0.25, 0.3) is 0 Å². The van der Waals surface area contributed by atoms with E-state index in [-0.39, 0.29) is 0 Å². The van der Waals surface area contributed by atoms with Crippen LogP contribution in [0.3, 0.4) is 0 Å². The van der Waals surface area contributed by atoms with Crippen LogP contribution in [0.4, 0.5) is 0 Å². The van der Waals surface area contributed by atoms with Gasteiger partial charge in [-0.15, -0.1) is 24.0 Å². The lowest BCUT2D eigenvalue weighted by molar-refractivity contribution is 1.35. The maximum absolute atomic E-state index is 4.03. The van der Waals surface area contributed by atoms with Crippen LogP contribution in [0.2, 0.25) is 0 Å². The van der Waals surface area contributed by atoms with Gasteiger partial charge in [0.15, 0.2) is 3.92 Å². The van der Waals surface area contributed by atoms with Gasteiger partial charge in [0.2, 0.25) is 0 Å². The zero-order valence-corrected chi connectivity index (χ0v) is 6.55. The Morgan fingerprint density at radius 2 is 2.57 bits per heavy atom. The molecule has 0 atom stereocenters. The molecule has 0 saturated heterocycles. The van der Waals surface area contributed by atoms with E-state index in [1.807, 2.05) is 0 Å². The summed E-state index contributed by atoms with van der Waals surface area (Å²) in [6.07, 6.45) is 1.71. The molecule has 1 aromatic rings. The largest absolute Gasteiger partial charge is 0.236 e. The predicted octanol–water partition coefficient (Wildman–Crippen LogP) is 2.19. The molecule has 0 aliphatic carbocycles. The summed E-state index contributed by atoms with van der Waals surface area (Å²) in [5.41, 5.74) is 0. The molecule has 1 heterocycles. The van der Waals surface area contributed by atoms with E-state index >= 15 is 0 Å². The van der Waals surface area contributed by atoms with Gasteiger partial charge in [0.05, 0.1) is 10.4 Å². The number of hydrogen-bond donors (Lipinski definition) is 1.